The van der Waals surface area contributed by atoms with Gasteiger partial charge in [0.2, 0.25) is 0 Å². The molecule has 1 heterocycles. The fourth-order valence-electron chi connectivity index (χ4n) is 0.722. The number of aromatic amines is 2. The number of alkyl halides is 3. The van der Waals surface area contributed by atoms with Gasteiger partial charge in [0.05, 0.1) is 0 Å². The Labute approximate surface area is 85.9 Å². The number of halogens is 3. The van der Waals surface area contributed by atoms with E-state index in [2.05, 4.69) is 12.2 Å². The highest BCUT2D eigenvalue weighted by Crippen LogP contribution is 2.27. The van der Waals surface area contributed by atoms with Crippen molar-refractivity contribution in [1.29, 1.82) is 0 Å². The summed E-state index contributed by atoms with van der Waals surface area (Å²) in [5.41, 5.74) is -6.92. The minimum Gasteiger partial charge on any atom is -0.337 e. The van der Waals surface area contributed by atoms with Crippen LogP contribution in [0.2, 0.25) is 0 Å². The van der Waals surface area contributed by atoms with Crippen LogP contribution in [0.25, 0.3) is 0 Å². The van der Waals surface area contributed by atoms with Crippen LogP contribution in [-0.4, -0.2) is 23.9 Å². The van der Waals surface area contributed by atoms with Gasteiger partial charge in [-0.15, -0.1) is 0 Å². The lowest BCUT2D eigenvalue weighted by atomic mass is 10.7. The molecule has 0 aliphatic rings. The van der Waals surface area contributed by atoms with Crippen LogP contribution < -0.4 is 5.56 Å². The van der Waals surface area contributed by atoms with Crippen LogP contribution in [0.5, 0.6) is 0 Å². The van der Waals surface area contributed by atoms with Gasteiger partial charge in [0.1, 0.15) is 0 Å². The van der Waals surface area contributed by atoms with Gasteiger partial charge in [-0.25, -0.2) is 8.42 Å². The molecule has 0 fully saturated rings. The monoisotopic (exact) mass is 260 g/mol. The van der Waals surface area contributed by atoms with Gasteiger partial charge in [-0.1, -0.05) is 0 Å². The second kappa shape index (κ2) is 3.45. The van der Waals surface area contributed by atoms with Crippen molar-refractivity contribution >= 4 is 22.1 Å². The molecule has 0 spiro atoms. The maximum absolute atomic E-state index is 12.0. The summed E-state index contributed by atoms with van der Waals surface area (Å²) in [6, 6.07) is 0. The summed E-state index contributed by atoms with van der Waals surface area (Å²) >= 11 is 4.39. The van der Waals surface area contributed by atoms with Crippen molar-refractivity contribution in [2.45, 2.75) is 10.4 Å². The van der Waals surface area contributed by atoms with Crippen LogP contribution in [0.1, 0.15) is 0 Å². The second-order valence-electron chi connectivity index (χ2n) is 2.39. The van der Waals surface area contributed by atoms with Crippen molar-refractivity contribution in [1.82, 2.24) is 9.97 Å². The molecule has 0 aliphatic heterocycles. The Morgan fingerprint density at radius 1 is 1.33 bits per heavy atom. The third-order valence-electron chi connectivity index (χ3n) is 1.38. The van der Waals surface area contributed by atoms with Crippen LogP contribution in [0.15, 0.2) is 15.9 Å². The molecular weight excluding hydrogens is 257 g/mol. The number of hydrogen-bond donors (Lipinski definition) is 2. The van der Waals surface area contributed by atoms with Gasteiger partial charge in [0.25, 0.3) is 15.4 Å². The molecule has 0 aromatic carbocycles. The molecule has 2 N–H and O–H groups in total. The van der Waals surface area contributed by atoms with Crippen molar-refractivity contribution < 1.29 is 21.6 Å². The molecule has 1 rings (SSSR count). The number of sulfone groups is 1. The minimum atomic E-state index is -5.65. The maximum Gasteiger partial charge on any atom is 0.502 e. The third-order valence-corrected chi connectivity index (χ3v) is 3.09. The summed E-state index contributed by atoms with van der Waals surface area (Å²) in [5.74, 6) is 0. The topological polar surface area (TPSA) is 82.8 Å². The molecule has 15 heavy (non-hydrogen) atoms. The van der Waals surface area contributed by atoms with Crippen LogP contribution in [-0.2, 0) is 9.84 Å². The lowest BCUT2D eigenvalue weighted by molar-refractivity contribution is -0.0436. The first-order chi connectivity index (χ1) is 6.66. The first kappa shape index (κ1) is 11.9. The largest absolute Gasteiger partial charge is 0.502 e. The zero-order chi connectivity index (χ0) is 11.9. The Morgan fingerprint density at radius 3 is 2.27 bits per heavy atom. The summed E-state index contributed by atoms with van der Waals surface area (Å²) in [6.07, 6.45) is 0.407. The average molecular weight is 260 g/mol. The first-order valence-corrected chi connectivity index (χ1v) is 5.19. The Hall–Kier alpha value is -1.16. The quantitative estimate of drug-likeness (QED) is 0.729. The summed E-state index contributed by atoms with van der Waals surface area (Å²) in [6.45, 7) is 0. The van der Waals surface area contributed by atoms with Crippen molar-refractivity contribution in [3.8, 4) is 0 Å². The molecule has 84 valence electrons. The van der Waals surface area contributed by atoms with E-state index in [4.69, 9.17) is 0 Å². The van der Waals surface area contributed by atoms with Crippen LogP contribution in [0.4, 0.5) is 13.2 Å². The van der Waals surface area contributed by atoms with E-state index in [9.17, 15) is 26.4 Å². The highest BCUT2D eigenvalue weighted by atomic mass is 32.2. The van der Waals surface area contributed by atoms with Crippen molar-refractivity contribution in [3.05, 3.63) is 21.3 Å². The van der Waals surface area contributed by atoms with Gasteiger partial charge in [-0.3, -0.25) is 9.78 Å². The van der Waals surface area contributed by atoms with Crippen molar-refractivity contribution in [3.63, 3.8) is 0 Å². The van der Waals surface area contributed by atoms with E-state index < -0.39 is 25.8 Å². The van der Waals surface area contributed by atoms with E-state index >= 15 is 0 Å². The molecule has 1 aromatic heterocycles. The molecule has 5 nitrogen and oxygen atoms in total. The minimum absolute atomic E-state index is 0.263. The molecule has 0 saturated carbocycles. The molecule has 0 amide bonds. The summed E-state index contributed by atoms with van der Waals surface area (Å²) in [5, 5.41) is 0. The molecule has 0 atom stereocenters. The van der Waals surface area contributed by atoms with Gasteiger partial charge >= 0.3 is 5.51 Å². The Morgan fingerprint density at radius 2 is 1.87 bits per heavy atom. The standard InChI is InChI=1S/C5H3F3N2O3S2/c6-5(7,8)15(12,13)2-1-9-4(14)10-3(2)11/h1H,(H2,9,10,11,14). The normalized spacial score (nSPS) is 12.7. The van der Waals surface area contributed by atoms with Gasteiger partial charge in [0.15, 0.2) is 9.67 Å². The predicted molar refractivity (Wildman–Crippen MR) is 45.5 cm³/mol. The Bertz CT molecular complexity index is 583. The molecule has 0 bridgehead atoms. The van der Waals surface area contributed by atoms with Gasteiger partial charge < -0.3 is 4.98 Å². The maximum atomic E-state index is 12.0. The summed E-state index contributed by atoms with van der Waals surface area (Å²) < 4.78 is 57.4. The van der Waals surface area contributed by atoms with E-state index in [1.54, 1.807) is 4.98 Å². The Kier molecular flexibility index (Phi) is 2.74. The van der Waals surface area contributed by atoms with Gasteiger partial charge in [-0.05, 0) is 12.2 Å². The fraction of sp³-hybridized carbons (Fsp3) is 0.200. The zero-order valence-electron chi connectivity index (χ0n) is 6.75. The van der Waals surface area contributed by atoms with E-state index in [1.807, 2.05) is 4.98 Å². The van der Waals surface area contributed by atoms with Crippen LogP contribution >= 0.6 is 12.2 Å². The van der Waals surface area contributed by atoms with E-state index in [-0.39, 0.29) is 4.77 Å². The van der Waals surface area contributed by atoms with Gasteiger partial charge in [0, 0.05) is 6.20 Å². The van der Waals surface area contributed by atoms with E-state index in [1.165, 1.54) is 0 Å². The summed E-state index contributed by atoms with van der Waals surface area (Å²) in [4.78, 5) is 13.2. The molecule has 1 aromatic rings. The predicted octanol–water partition coefficient (Wildman–Crippen LogP) is 0.726. The molecule has 0 aliphatic carbocycles. The number of hydrogen-bond acceptors (Lipinski definition) is 4. The molecular formula is C5H3F3N2O3S2. The SMILES string of the molecule is O=c1[nH]c(=S)[nH]cc1S(=O)(=O)C(F)(F)F. The van der Waals surface area contributed by atoms with Crippen molar-refractivity contribution in [2.75, 3.05) is 0 Å². The molecule has 0 radical (unpaired) electrons. The fourth-order valence-corrected chi connectivity index (χ4v) is 1.63. The highest BCUT2D eigenvalue weighted by molar-refractivity contribution is 7.92. The number of aromatic nitrogens is 2. The number of nitrogens with one attached hydrogen (secondary N) is 2. The second-order valence-corrected chi connectivity index (χ2v) is 4.70. The number of rotatable bonds is 1. The van der Waals surface area contributed by atoms with Crippen molar-refractivity contribution in [2.24, 2.45) is 0 Å². The lowest BCUT2D eigenvalue weighted by Gasteiger charge is -2.06. The smallest absolute Gasteiger partial charge is 0.337 e. The third kappa shape index (κ3) is 2.09. The first-order valence-electron chi connectivity index (χ1n) is 3.29. The van der Waals surface area contributed by atoms with Crippen LogP contribution in [0.3, 0.4) is 0 Å². The lowest BCUT2D eigenvalue weighted by Crippen LogP contribution is -2.29. The Balaban J connectivity index is 3.56. The molecule has 10 heteroatoms. The molecule has 0 unspecified atom stereocenters. The zero-order valence-corrected chi connectivity index (χ0v) is 8.39. The van der Waals surface area contributed by atoms with E-state index in [0.717, 1.165) is 0 Å². The van der Waals surface area contributed by atoms with Gasteiger partial charge in [-0.2, -0.15) is 13.2 Å². The average Bonchev–Trinajstić information content (AvgIpc) is 2.00. The highest BCUT2D eigenvalue weighted by Gasteiger charge is 2.48. The van der Waals surface area contributed by atoms with Crippen LogP contribution in [0, 0.1) is 4.77 Å². The van der Waals surface area contributed by atoms with E-state index in [0.29, 0.717) is 6.20 Å². The molecule has 0 saturated heterocycles. The number of H-pyrrole nitrogens is 2. The summed E-state index contributed by atoms with van der Waals surface area (Å²) in [7, 11) is -5.65.